The highest BCUT2D eigenvalue weighted by Crippen LogP contribution is 2.20. The average Bonchev–Trinajstić information content (AvgIpc) is 2.14. The molecule has 0 amide bonds. The highest BCUT2D eigenvalue weighted by molar-refractivity contribution is 4.82. The Morgan fingerprint density at radius 1 is 1.47 bits per heavy atom. The molecule has 17 heavy (non-hydrogen) atoms. The topological polar surface area (TPSA) is 24.5 Å². The molecule has 1 fully saturated rings. The Hall–Kier alpha value is -0.120. The van der Waals surface area contributed by atoms with Crippen molar-refractivity contribution in [3.05, 3.63) is 0 Å². The third-order valence-electron chi connectivity index (χ3n) is 3.30. The molecule has 0 radical (unpaired) electrons. The van der Waals surface area contributed by atoms with Gasteiger partial charge in [0.25, 0.3) is 0 Å². The van der Waals surface area contributed by atoms with Crippen LogP contribution in [0.5, 0.6) is 0 Å². The Balaban J connectivity index is 2.22. The summed E-state index contributed by atoms with van der Waals surface area (Å²) in [5, 5.41) is 3.47. The first-order valence-corrected chi connectivity index (χ1v) is 7.06. The zero-order valence-corrected chi connectivity index (χ0v) is 12.3. The van der Waals surface area contributed by atoms with Gasteiger partial charge in [0.1, 0.15) is 0 Å². The van der Waals surface area contributed by atoms with E-state index in [0.717, 1.165) is 19.6 Å². The van der Waals surface area contributed by atoms with Gasteiger partial charge >= 0.3 is 0 Å². The van der Waals surface area contributed by atoms with Crippen molar-refractivity contribution < 1.29 is 4.74 Å². The summed E-state index contributed by atoms with van der Waals surface area (Å²) in [6.45, 7) is 15.4. The van der Waals surface area contributed by atoms with Gasteiger partial charge in [-0.25, -0.2) is 0 Å². The van der Waals surface area contributed by atoms with Crippen molar-refractivity contribution in [2.75, 3.05) is 26.2 Å². The van der Waals surface area contributed by atoms with Gasteiger partial charge in [0.05, 0.1) is 11.7 Å². The summed E-state index contributed by atoms with van der Waals surface area (Å²) >= 11 is 0. The van der Waals surface area contributed by atoms with E-state index in [1.165, 1.54) is 19.4 Å². The third-order valence-corrected chi connectivity index (χ3v) is 3.30. The molecular formula is C14H30N2O. The average molecular weight is 242 g/mol. The van der Waals surface area contributed by atoms with E-state index in [-0.39, 0.29) is 5.60 Å². The molecule has 2 atom stereocenters. The minimum Gasteiger partial charge on any atom is -0.370 e. The summed E-state index contributed by atoms with van der Waals surface area (Å²) in [6.07, 6.45) is 2.90. The maximum atomic E-state index is 5.92. The Morgan fingerprint density at radius 3 is 2.76 bits per heavy atom. The van der Waals surface area contributed by atoms with Gasteiger partial charge in [-0.1, -0.05) is 6.92 Å². The summed E-state index contributed by atoms with van der Waals surface area (Å²) in [5.74, 6) is 0. The van der Waals surface area contributed by atoms with E-state index in [0.29, 0.717) is 12.1 Å². The maximum Gasteiger partial charge on any atom is 0.0757 e. The summed E-state index contributed by atoms with van der Waals surface area (Å²) in [6, 6.07) is 0.645. The number of rotatable bonds is 6. The van der Waals surface area contributed by atoms with Crippen molar-refractivity contribution in [3.8, 4) is 0 Å². The molecular weight excluding hydrogens is 212 g/mol. The lowest BCUT2D eigenvalue weighted by Gasteiger charge is -2.41. The Bertz CT molecular complexity index is 218. The lowest BCUT2D eigenvalue weighted by molar-refractivity contribution is -0.128. The van der Waals surface area contributed by atoms with Gasteiger partial charge in [0, 0.05) is 19.1 Å². The molecule has 1 aliphatic rings. The lowest BCUT2D eigenvalue weighted by atomic mass is 10.0. The predicted molar refractivity (Wildman–Crippen MR) is 73.4 cm³/mol. The van der Waals surface area contributed by atoms with Gasteiger partial charge < -0.3 is 10.1 Å². The molecule has 2 unspecified atom stereocenters. The molecule has 0 aromatic carbocycles. The monoisotopic (exact) mass is 242 g/mol. The molecule has 1 heterocycles. The van der Waals surface area contributed by atoms with Crippen LogP contribution in [0.15, 0.2) is 0 Å². The van der Waals surface area contributed by atoms with Gasteiger partial charge in [0.2, 0.25) is 0 Å². The van der Waals surface area contributed by atoms with Crippen LogP contribution >= 0.6 is 0 Å². The van der Waals surface area contributed by atoms with Crippen molar-refractivity contribution in [3.63, 3.8) is 0 Å². The summed E-state index contributed by atoms with van der Waals surface area (Å²) in [5.41, 5.74) is 0.0188. The smallest absolute Gasteiger partial charge is 0.0757 e. The molecule has 102 valence electrons. The van der Waals surface area contributed by atoms with Crippen LogP contribution in [0.25, 0.3) is 0 Å². The molecule has 0 aromatic rings. The van der Waals surface area contributed by atoms with Crippen molar-refractivity contribution in [2.45, 2.75) is 65.2 Å². The van der Waals surface area contributed by atoms with Crippen molar-refractivity contribution >= 4 is 0 Å². The van der Waals surface area contributed by atoms with E-state index in [4.69, 9.17) is 4.74 Å². The molecule has 0 bridgehead atoms. The molecule has 3 heteroatoms. The molecule has 0 saturated carbocycles. The standard InChI is InChI=1S/C14H30N2O/c1-6-15-12(2)8-7-9-16-10-13(3)17-14(4,5)11-16/h12-13,15H,6-11H2,1-5H3. The largest absolute Gasteiger partial charge is 0.370 e. The van der Waals surface area contributed by atoms with Gasteiger partial charge in [-0.15, -0.1) is 0 Å². The highest BCUT2D eigenvalue weighted by atomic mass is 16.5. The molecule has 1 rings (SSSR count). The normalized spacial score (nSPS) is 27.0. The van der Waals surface area contributed by atoms with Gasteiger partial charge in [0.15, 0.2) is 0 Å². The second-order valence-electron chi connectivity index (χ2n) is 6.02. The van der Waals surface area contributed by atoms with Crippen molar-refractivity contribution in [1.29, 1.82) is 0 Å². The van der Waals surface area contributed by atoms with E-state index in [9.17, 15) is 0 Å². The zero-order valence-electron chi connectivity index (χ0n) is 12.3. The van der Waals surface area contributed by atoms with Crippen LogP contribution in [0.3, 0.4) is 0 Å². The first-order valence-electron chi connectivity index (χ1n) is 7.06. The highest BCUT2D eigenvalue weighted by Gasteiger charge is 2.30. The SMILES string of the molecule is CCNC(C)CCCN1CC(C)OC(C)(C)C1. The van der Waals surface area contributed by atoms with Crippen LogP contribution < -0.4 is 5.32 Å². The molecule has 1 saturated heterocycles. The zero-order chi connectivity index (χ0) is 12.9. The molecule has 0 aromatic heterocycles. The van der Waals surface area contributed by atoms with E-state index >= 15 is 0 Å². The lowest BCUT2D eigenvalue weighted by Crippen LogP contribution is -2.52. The minimum atomic E-state index is 0.0188. The fourth-order valence-corrected chi connectivity index (χ4v) is 2.83. The molecule has 0 aliphatic carbocycles. The molecule has 1 aliphatic heterocycles. The Kier molecular flexibility index (Phi) is 5.90. The van der Waals surface area contributed by atoms with Gasteiger partial charge in [-0.05, 0) is 53.6 Å². The van der Waals surface area contributed by atoms with E-state index in [1.54, 1.807) is 0 Å². The second-order valence-corrected chi connectivity index (χ2v) is 6.02. The molecule has 3 nitrogen and oxygen atoms in total. The van der Waals surface area contributed by atoms with Crippen LogP contribution in [0, 0.1) is 0 Å². The van der Waals surface area contributed by atoms with E-state index in [1.807, 2.05) is 0 Å². The van der Waals surface area contributed by atoms with Crippen LogP contribution in [0.4, 0.5) is 0 Å². The van der Waals surface area contributed by atoms with E-state index < -0.39 is 0 Å². The summed E-state index contributed by atoms with van der Waals surface area (Å²) in [4.78, 5) is 2.55. The fraction of sp³-hybridized carbons (Fsp3) is 1.00. The fourth-order valence-electron chi connectivity index (χ4n) is 2.83. The molecule has 0 spiro atoms. The van der Waals surface area contributed by atoms with Gasteiger partial charge in [-0.2, -0.15) is 0 Å². The van der Waals surface area contributed by atoms with Crippen LogP contribution in [-0.2, 0) is 4.74 Å². The van der Waals surface area contributed by atoms with Crippen LogP contribution in [-0.4, -0.2) is 48.8 Å². The quantitative estimate of drug-likeness (QED) is 0.773. The Labute approximate surface area is 107 Å². The first-order chi connectivity index (χ1) is 7.93. The second kappa shape index (κ2) is 6.72. The minimum absolute atomic E-state index is 0.0188. The number of hydrogen-bond donors (Lipinski definition) is 1. The number of ether oxygens (including phenoxy) is 1. The number of morpholine rings is 1. The van der Waals surface area contributed by atoms with Gasteiger partial charge in [-0.3, -0.25) is 4.90 Å². The first kappa shape index (κ1) is 14.9. The number of nitrogens with zero attached hydrogens (tertiary/aromatic N) is 1. The van der Waals surface area contributed by atoms with Crippen molar-refractivity contribution in [1.82, 2.24) is 10.2 Å². The summed E-state index contributed by atoms with van der Waals surface area (Å²) in [7, 11) is 0. The van der Waals surface area contributed by atoms with E-state index in [2.05, 4.69) is 44.8 Å². The third kappa shape index (κ3) is 5.84. The number of hydrogen-bond acceptors (Lipinski definition) is 3. The number of nitrogens with one attached hydrogen (secondary N) is 1. The van der Waals surface area contributed by atoms with Crippen molar-refractivity contribution in [2.24, 2.45) is 0 Å². The predicted octanol–water partition coefficient (Wildman–Crippen LogP) is 2.26. The van der Waals surface area contributed by atoms with Crippen LogP contribution in [0.2, 0.25) is 0 Å². The summed E-state index contributed by atoms with van der Waals surface area (Å²) < 4.78 is 5.92. The van der Waals surface area contributed by atoms with Crippen LogP contribution in [0.1, 0.15) is 47.5 Å². The Morgan fingerprint density at radius 2 is 2.18 bits per heavy atom. The molecule has 1 N–H and O–H groups in total. The maximum absolute atomic E-state index is 5.92.